The van der Waals surface area contributed by atoms with E-state index in [-0.39, 0.29) is 0 Å². The van der Waals surface area contributed by atoms with Crippen LogP contribution in [0.2, 0.25) is 0 Å². The highest BCUT2D eigenvalue weighted by Gasteiger charge is 2.15. The highest BCUT2D eigenvalue weighted by atomic mass is 32.2. The number of para-hydroxylation sites is 1. The predicted octanol–water partition coefficient (Wildman–Crippen LogP) is 2.75. The minimum Gasteiger partial charge on any atom is -0.381 e. The smallest absolute Gasteiger partial charge is 0.0733 e. The van der Waals surface area contributed by atoms with Gasteiger partial charge in [0, 0.05) is 30.2 Å². The molecule has 1 unspecified atom stereocenters. The Kier molecular flexibility index (Phi) is 3.92. The van der Waals surface area contributed by atoms with E-state index in [1.54, 1.807) is 7.11 Å². The quantitative estimate of drug-likeness (QED) is 0.848. The van der Waals surface area contributed by atoms with E-state index >= 15 is 0 Å². The van der Waals surface area contributed by atoms with Gasteiger partial charge >= 0.3 is 0 Å². The monoisotopic (exact) mass is 223 g/mol. The second kappa shape index (κ2) is 5.42. The predicted molar refractivity (Wildman–Crippen MR) is 66.5 cm³/mol. The molecule has 82 valence electrons. The Balaban J connectivity index is 2.05. The van der Waals surface area contributed by atoms with E-state index in [1.165, 1.54) is 29.2 Å². The van der Waals surface area contributed by atoms with Gasteiger partial charge < -0.3 is 10.1 Å². The Labute approximate surface area is 95.4 Å². The van der Waals surface area contributed by atoms with Crippen LogP contribution in [0.4, 0.5) is 5.69 Å². The third-order valence-corrected chi connectivity index (χ3v) is 3.77. The van der Waals surface area contributed by atoms with Gasteiger partial charge in [-0.05, 0) is 18.2 Å². The molecule has 1 aromatic carbocycles. The maximum absolute atomic E-state index is 5.19. The lowest BCUT2D eigenvalue weighted by molar-refractivity contribution is 0.185. The van der Waals surface area contributed by atoms with Crippen molar-refractivity contribution in [2.45, 2.75) is 19.1 Å². The number of benzene rings is 1. The van der Waals surface area contributed by atoms with Crippen molar-refractivity contribution in [1.82, 2.24) is 0 Å². The number of rotatable bonds is 4. The summed E-state index contributed by atoms with van der Waals surface area (Å²) in [4.78, 5) is 0. The average Bonchev–Trinajstić information content (AvgIpc) is 2.74. The van der Waals surface area contributed by atoms with E-state index < -0.39 is 0 Å². The molecular formula is C12H17NOS. The van der Waals surface area contributed by atoms with Crippen LogP contribution in [0.5, 0.6) is 0 Å². The Morgan fingerprint density at radius 1 is 1.47 bits per heavy atom. The molecule has 1 heterocycles. The summed E-state index contributed by atoms with van der Waals surface area (Å²) in [6.07, 6.45) is 1.27. The van der Waals surface area contributed by atoms with Crippen LogP contribution in [0.3, 0.4) is 0 Å². The van der Waals surface area contributed by atoms with Gasteiger partial charge in [0.25, 0.3) is 0 Å². The summed E-state index contributed by atoms with van der Waals surface area (Å²) in [7, 11) is 1.74. The number of hydrogen-bond acceptors (Lipinski definition) is 3. The van der Waals surface area contributed by atoms with Gasteiger partial charge in [-0.3, -0.25) is 0 Å². The summed E-state index contributed by atoms with van der Waals surface area (Å²) in [6, 6.07) is 9.02. The molecule has 1 N–H and O–H groups in total. The van der Waals surface area contributed by atoms with Crippen molar-refractivity contribution < 1.29 is 4.74 Å². The Hall–Kier alpha value is -0.670. The van der Waals surface area contributed by atoms with Crippen molar-refractivity contribution in [3.05, 3.63) is 29.8 Å². The molecule has 0 aliphatic carbocycles. The SMILES string of the molecule is COCc1ccccc1NC1CCSC1. The maximum atomic E-state index is 5.19. The Morgan fingerprint density at radius 3 is 3.07 bits per heavy atom. The normalized spacial score (nSPS) is 20.5. The van der Waals surface area contributed by atoms with Crippen LogP contribution in [0.15, 0.2) is 24.3 Å². The molecule has 15 heavy (non-hydrogen) atoms. The van der Waals surface area contributed by atoms with E-state index in [4.69, 9.17) is 4.74 Å². The van der Waals surface area contributed by atoms with Crippen molar-refractivity contribution in [2.24, 2.45) is 0 Å². The Bertz CT molecular complexity index is 310. The number of ether oxygens (including phenoxy) is 1. The lowest BCUT2D eigenvalue weighted by Gasteiger charge is -2.16. The van der Waals surface area contributed by atoms with Crippen molar-refractivity contribution in [1.29, 1.82) is 0 Å². The van der Waals surface area contributed by atoms with Gasteiger partial charge in [-0.15, -0.1) is 0 Å². The van der Waals surface area contributed by atoms with Crippen LogP contribution in [-0.2, 0) is 11.3 Å². The molecule has 1 aliphatic heterocycles. The van der Waals surface area contributed by atoms with Crippen molar-refractivity contribution >= 4 is 17.4 Å². The number of methoxy groups -OCH3 is 1. The molecule has 2 rings (SSSR count). The van der Waals surface area contributed by atoms with Gasteiger partial charge in [-0.2, -0.15) is 11.8 Å². The molecule has 0 amide bonds. The van der Waals surface area contributed by atoms with Gasteiger partial charge in [-0.25, -0.2) is 0 Å². The molecule has 0 radical (unpaired) electrons. The number of thioether (sulfide) groups is 1. The van der Waals surface area contributed by atoms with Crippen LogP contribution in [0.1, 0.15) is 12.0 Å². The second-order valence-electron chi connectivity index (χ2n) is 3.80. The lowest BCUT2D eigenvalue weighted by atomic mass is 10.1. The second-order valence-corrected chi connectivity index (χ2v) is 4.94. The molecule has 1 fully saturated rings. The number of nitrogens with one attached hydrogen (secondary N) is 1. The summed E-state index contributed by atoms with van der Waals surface area (Å²) < 4.78 is 5.19. The van der Waals surface area contributed by atoms with E-state index in [0.29, 0.717) is 12.6 Å². The highest BCUT2D eigenvalue weighted by Crippen LogP contribution is 2.23. The summed E-state index contributed by atoms with van der Waals surface area (Å²) in [5.74, 6) is 2.51. The fourth-order valence-electron chi connectivity index (χ4n) is 1.81. The minimum atomic E-state index is 0.632. The summed E-state index contributed by atoms with van der Waals surface area (Å²) >= 11 is 2.03. The van der Waals surface area contributed by atoms with Gasteiger partial charge in [0.2, 0.25) is 0 Å². The maximum Gasteiger partial charge on any atom is 0.0733 e. The summed E-state index contributed by atoms with van der Waals surface area (Å²) in [6.45, 7) is 0.684. The lowest BCUT2D eigenvalue weighted by Crippen LogP contribution is -2.19. The van der Waals surface area contributed by atoms with Gasteiger partial charge in [0.1, 0.15) is 0 Å². The molecule has 0 saturated carbocycles. The highest BCUT2D eigenvalue weighted by molar-refractivity contribution is 7.99. The van der Waals surface area contributed by atoms with E-state index in [9.17, 15) is 0 Å². The van der Waals surface area contributed by atoms with Crippen molar-refractivity contribution in [3.8, 4) is 0 Å². The zero-order valence-electron chi connectivity index (χ0n) is 9.03. The van der Waals surface area contributed by atoms with Gasteiger partial charge in [0.15, 0.2) is 0 Å². The number of anilines is 1. The number of hydrogen-bond donors (Lipinski definition) is 1. The molecule has 1 aliphatic rings. The first-order chi connectivity index (χ1) is 7.40. The van der Waals surface area contributed by atoms with E-state index in [2.05, 4.69) is 29.6 Å². The fraction of sp³-hybridized carbons (Fsp3) is 0.500. The molecule has 1 saturated heterocycles. The summed E-state index contributed by atoms with van der Waals surface area (Å²) in [5, 5.41) is 3.59. The molecular weight excluding hydrogens is 206 g/mol. The minimum absolute atomic E-state index is 0.632. The molecule has 0 aromatic heterocycles. The first kappa shape index (κ1) is 10.8. The zero-order valence-corrected chi connectivity index (χ0v) is 9.85. The van der Waals surface area contributed by atoms with Crippen LogP contribution in [0.25, 0.3) is 0 Å². The molecule has 0 spiro atoms. The van der Waals surface area contributed by atoms with Crippen molar-refractivity contribution in [3.63, 3.8) is 0 Å². The van der Waals surface area contributed by atoms with Crippen molar-refractivity contribution in [2.75, 3.05) is 23.9 Å². The molecule has 1 atom stereocenters. The average molecular weight is 223 g/mol. The van der Waals surface area contributed by atoms with Crippen LogP contribution in [0, 0.1) is 0 Å². The van der Waals surface area contributed by atoms with Gasteiger partial charge in [-0.1, -0.05) is 18.2 Å². The van der Waals surface area contributed by atoms with E-state index in [0.717, 1.165) is 0 Å². The van der Waals surface area contributed by atoms with Crippen LogP contribution >= 0.6 is 11.8 Å². The topological polar surface area (TPSA) is 21.3 Å². The van der Waals surface area contributed by atoms with Gasteiger partial charge in [0.05, 0.1) is 6.61 Å². The molecule has 1 aromatic rings. The standard InChI is InChI=1S/C12H17NOS/c1-14-8-10-4-2-3-5-12(10)13-11-6-7-15-9-11/h2-5,11,13H,6-9H2,1H3. The first-order valence-electron chi connectivity index (χ1n) is 5.31. The molecule has 2 nitrogen and oxygen atoms in total. The van der Waals surface area contributed by atoms with Crippen LogP contribution < -0.4 is 5.32 Å². The van der Waals surface area contributed by atoms with E-state index in [1.807, 2.05) is 11.8 Å². The van der Waals surface area contributed by atoms with Crippen LogP contribution in [-0.4, -0.2) is 24.7 Å². The zero-order chi connectivity index (χ0) is 10.5. The molecule has 0 bridgehead atoms. The largest absolute Gasteiger partial charge is 0.381 e. The summed E-state index contributed by atoms with van der Waals surface area (Å²) in [5.41, 5.74) is 2.48. The molecule has 3 heteroatoms. The fourth-order valence-corrected chi connectivity index (χ4v) is 2.96. The third-order valence-electron chi connectivity index (χ3n) is 2.61. The first-order valence-corrected chi connectivity index (χ1v) is 6.47. The Morgan fingerprint density at radius 2 is 2.33 bits per heavy atom. The third kappa shape index (κ3) is 2.89.